The largest absolute Gasteiger partial charge is 0.491 e. The quantitative estimate of drug-likeness (QED) is 0.665. The zero-order valence-electron chi connectivity index (χ0n) is 13.9. The van der Waals surface area contributed by atoms with Crippen LogP contribution in [0.5, 0.6) is 0 Å². The Morgan fingerprint density at radius 1 is 1.05 bits per heavy atom. The van der Waals surface area contributed by atoms with Crippen molar-refractivity contribution in [3.8, 4) is 0 Å². The van der Waals surface area contributed by atoms with Gasteiger partial charge in [-0.05, 0) is 52.6 Å². The molecule has 0 unspecified atom stereocenters. The first-order chi connectivity index (χ1) is 9.64. The molecular weight excluding hydrogens is 279 g/mol. The Morgan fingerprint density at radius 2 is 1.52 bits per heavy atom. The van der Waals surface area contributed by atoms with Crippen LogP contribution in [0, 0.1) is 13.8 Å². The fraction of sp³-hybridized carbons (Fsp3) is 0.529. The van der Waals surface area contributed by atoms with Crippen molar-refractivity contribution < 1.29 is 9.31 Å². The summed E-state index contributed by atoms with van der Waals surface area (Å²) in [6.45, 7) is 12.5. The second-order valence-corrected chi connectivity index (χ2v) is 7.20. The predicted octanol–water partition coefficient (Wildman–Crippen LogP) is 4.25. The van der Waals surface area contributed by atoms with Gasteiger partial charge < -0.3 is 9.31 Å². The Morgan fingerprint density at radius 3 is 1.95 bits per heavy atom. The minimum absolute atomic E-state index is 0.317. The summed E-state index contributed by atoms with van der Waals surface area (Å²) >= 11 is 4.46. The summed E-state index contributed by atoms with van der Waals surface area (Å²) in [5.41, 5.74) is 4.11. The van der Waals surface area contributed by atoms with E-state index in [0.29, 0.717) is 5.75 Å². The third-order valence-corrected chi connectivity index (χ3v) is 4.70. The monoisotopic (exact) mass is 304 g/mol. The van der Waals surface area contributed by atoms with Gasteiger partial charge in [0.05, 0.1) is 11.2 Å². The summed E-state index contributed by atoms with van der Waals surface area (Å²) in [5, 5.41) is 0. The van der Waals surface area contributed by atoms with Gasteiger partial charge in [0.15, 0.2) is 0 Å². The summed E-state index contributed by atoms with van der Waals surface area (Å²) < 4.78 is 12.2. The smallest absolute Gasteiger partial charge is 0.400 e. The molecule has 1 saturated heterocycles. The van der Waals surface area contributed by atoms with E-state index in [0.717, 1.165) is 5.47 Å². The van der Waals surface area contributed by atoms with E-state index < -0.39 is 0 Å². The van der Waals surface area contributed by atoms with Gasteiger partial charge >= 0.3 is 7.12 Å². The fourth-order valence-electron chi connectivity index (χ4n) is 2.49. The van der Waals surface area contributed by atoms with Crippen LogP contribution >= 0.6 is 12.6 Å². The number of thiol groups is 1. The predicted molar refractivity (Wildman–Crippen MR) is 93.8 cm³/mol. The Hall–Kier alpha value is -0.705. The van der Waals surface area contributed by atoms with E-state index in [4.69, 9.17) is 9.31 Å². The van der Waals surface area contributed by atoms with E-state index in [2.05, 4.69) is 78.4 Å². The average Bonchev–Trinajstić information content (AvgIpc) is 2.54. The van der Waals surface area contributed by atoms with E-state index in [1.54, 1.807) is 0 Å². The maximum Gasteiger partial charge on any atom is 0.491 e. The molecule has 1 heterocycles. The molecule has 4 heteroatoms. The molecule has 1 aromatic rings. The standard InChI is InChI=1S/C17H25BO2S/c1-12-7-13(2)9-14(8-12)10-15(11-21)18-19-16(3,4)17(5,6)20-18/h7-10,21H,11H2,1-6H3. The summed E-state index contributed by atoms with van der Waals surface area (Å²) in [7, 11) is -0.326. The van der Waals surface area contributed by atoms with Gasteiger partial charge in [0.1, 0.15) is 0 Å². The van der Waals surface area contributed by atoms with Gasteiger partial charge in [-0.1, -0.05) is 35.4 Å². The number of rotatable bonds is 3. The highest BCUT2D eigenvalue weighted by Crippen LogP contribution is 2.39. The molecule has 0 atom stereocenters. The lowest BCUT2D eigenvalue weighted by atomic mass is 9.78. The molecule has 0 aromatic heterocycles. The van der Waals surface area contributed by atoms with Crippen LogP contribution in [0.4, 0.5) is 0 Å². The topological polar surface area (TPSA) is 18.5 Å². The minimum Gasteiger partial charge on any atom is -0.400 e. The van der Waals surface area contributed by atoms with Crippen molar-refractivity contribution >= 4 is 25.8 Å². The normalized spacial score (nSPS) is 20.9. The van der Waals surface area contributed by atoms with Crippen molar-refractivity contribution in [1.29, 1.82) is 0 Å². The van der Waals surface area contributed by atoms with E-state index in [-0.39, 0.29) is 18.3 Å². The van der Waals surface area contributed by atoms with Crippen LogP contribution in [-0.4, -0.2) is 24.1 Å². The second-order valence-electron chi connectivity index (χ2n) is 6.89. The van der Waals surface area contributed by atoms with Crippen molar-refractivity contribution in [2.24, 2.45) is 0 Å². The van der Waals surface area contributed by atoms with E-state index in [1.807, 2.05) is 0 Å². The maximum absolute atomic E-state index is 6.11. The molecule has 0 bridgehead atoms. The van der Waals surface area contributed by atoms with E-state index >= 15 is 0 Å². The first-order valence-electron chi connectivity index (χ1n) is 7.40. The van der Waals surface area contributed by atoms with Gasteiger partial charge in [0.25, 0.3) is 0 Å². The molecule has 0 amide bonds. The lowest BCUT2D eigenvalue weighted by Gasteiger charge is -2.32. The number of benzene rings is 1. The van der Waals surface area contributed by atoms with E-state index in [1.165, 1.54) is 16.7 Å². The molecule has 0 N–H and O–H groups in total. The minimum atomic E-state index is -0.326. The van der Waals surface area contributed by atoms with Crippen molar-refractivity contribution in [2.45, 2.75) is 52.7 Å². The molecular formula is C17H25BO2S. The van der Waals surface area contributed by atoms with Gasteiger partial charge in [0, 0.05) is 5.75 Å². The lowest BCUT2D eigenvalue weighted by molar-refractivity contribution is 0.00578. The molecule has 1 aliphatic rings. The molecule has 114 valence electrons. The highest BCUT2D eigenvalue weighted by molar-refractivity contribution is 7.80. The highest BCUT2D eigenvalue weighted by Gasteiger charge is 2.52. The Balaban J connectivity index is 2.30. The van der Waals surface area contributed by atoms with Crippen LogP contribution < -0.4 is 0 Å². The molecule has 1 fully saturated rings. The van der Waals surface area contributed by atoms with Crippen LogP contribution in [0.2, 0.25) is 0 Å². The summed E-state index contributed by atoms with van der Waals surface area (Å²) in [4.78, 5) is 0. The average molecular weight is 304 g/mol. The molecule has 0 aliphatic carbocycles. The molecule has 2 rings (SSSR count). The van der Waals surface area contributed by atoms with Crippen LogP contribution in [0.15, 0.2) is 23.7 Å². The van der Waals surface area contributed by atoms with Gasteiger partial charge in [0.2, 0.25) is 0 Å². The second kappa shape index (κ2) is 5.83. The van der Waals surface area contributed by atoms with Crippen molar-refractivity contribution in [1.82, 2.24) is 0 Å². The number of hydrogen-bond donors (Lipinski definition) is 1. The third-order valence-electron chi connectivity index (χ3n) is 4.33. The summed E-state index contributed by atoms with van der Waals surface area (Å²) in [6.07, 6.45) is 2.13. The molecule has 1 aliphatic heterocycles. The third kappa shape index (κ3) is 3.55. The SMILES string of the molecule is Cc1cc(C)cc(C=C(CS)B2OC(C)(C)C(C)(C)O2)c1. The Labute approximate surface area is 134 Å². The molecule has 1 aromatic carbocycles. The molecule has 21 heavy (non-hydrogen) atoms. The van der Waals surface area contributed by atoms with Crippen molar-refractivity contribution in [2.75, 3.05) is 5.75 Å². The van der Waals surface area contributed by atoms with Crippen LogP contribution in [0.1, 0.15) is 44.4 Å². The van der Waals surface area contributed by atoms with Gasteiger partial charge in [-0.3, -0.25) is 0 Å². The van der Waals surface area contributed by atoms with Crippen LogP contribution in [-0.2, 0) is 9.31 Å². The first kappa shape index (κ1) is 16.7. The van der Waals surface area contributed by atoms with Crippen molar-refractivity contribution in [3.63, 3.8) is 0 Å². The van der Waals surface area contributed by atoms with Gasteiger partial charge in [-0.15, -0.1) is 0 Å². The molecule has 0 saturated carbocycles. The lowest BCUT2D eigenvalue weighted by Crippen LogP contribution is -2.41. The highest BCUT2D eigenvalue weighted by atomic mass is 32.1. The van der Waals surface area contributed by atoms with Crippen LogP contribution in [0.25, 0.3) is 6.08 Å². The molecule has 2 nitrogen and oxygen atoms in total. The van der Waals surface area contributed by atoms with E-state index in [9.17, 15) is 0 Å². The maximum atomic E-state index is 6.11. The number of aryl methyl sites for hydroxylation is 2. The zero-order chi connectivity index (χ0) is 15.8. The summed E-state index contributed by atoms with van der Waals surface area (Å²) in [6, 6.07) is 6.51. The van der Waals surface area contributed by atoms with Crippen molar-refractivity contribution in [3.05, 3.63) is 40.4 Å². The zero-order valence-corrected chi connectivity index (χ0v) is 14.8. The van der Waals surface area contributed by atoms with Gasteiger partial charge in [-0.2, -0.15) is 12.6 Å². The number of hydrogen-bond acceptors (Lipinski definition) is 3. The van der Waals surface area contributed by atoms with Crippen LogP contribution in [0.3, 0.4) is 0 Å². The van der Waals surface area contributed by atoms with Gasteiger partial charge in [-0.25, -0.2) is 0 Å². The fourth-order valence-corrected chi connectivity index (χ4v) is 2.73. The first-order valence-corrected chi connectivity index (χ1v) is 8.03. The Kier molecular flexibility index (Phi) is 4.62. The molecule has 0 radical (unpaired) electrons. The Bertz CT molecular complexity index is 528. The summed E-state index contributed by atoms with van der Waals surface area (Å²) in [5.74, 6) is 0.615. The molecule has 0 spiro atoms.